The van der Waals surface area contributed by atoms with Crippen LogP contribution in [0.25, 0.3) is 44.5 Å². The number of nitrogens with zero attached hydrogens (tertiary/aromatic N) is 3. The summed E-state index contributed by atoms with van der Waals surface area (Å²) in [6.07, 6.45) is 11.6. The van der Waals surface area contributed by atoms with Crippen molar-refractivity contribution in [2.24, 2.45) is 0 Å². The van der Waals surface area contributed by atoms with E-state index in [0.29, 0.717) is 0 Å². The normalized spacial score (nSPS) is 20.7. The highest BCUT2D eigenvalue weighted by atomic mass is 16.3. The van der Waals surface area contributed by atoms with E-state index in [0.717, 1.165) is 46.5 Å². The highest BCUT2D eigenvalue weighted by Gasteiger charge is 2.58. The van der Waals surface area contributed by atoms with Gasteiger partial charge in [0.25, 0.3) is 0 Å². The predicted molar refractivity (Wildman–Crippen MR) is 186 cm³/mol. The molecule has 4 heteroatoms. The van der Waals surface area contributed by atoms with Crippen molar-refractivity contribution in [2.45, 2.75) is 25.0 Å². The Labute approximate surface area is 268 Å². The molecule has 0 spiro atoms. The van der Waals surface area contributed by atoms with Gasteiger partial charge in [-0.15, -0.1) is 0 Å². The van der Waals surface area contributed by atoms with E-state index in [1.807, 2.05) is 0 Å². The summed E-state index contributed by atoms with van der Waals surface area (Å²) < 4.78 is 6.76. The van der Waals surface area contributed by atoms with Crippen LogP contribution in [0, 0.1) is 0 Å². The van der Waals surface area contributed by atoms with Crippen LogP contribution in [0.2, 0.25) is 0 Å². The van der Waals surface area contributed by atoms with Crippen molar-refractivity contribution in [3.8, 4) is 33.6 Å². The van der Waals surface area contributed by atoms with E-state index in [9.17, 15) is 0 Å². The van der Waals surface area contributed by atoms with E-state index in [1.54, 1.807) is 0 Å². The largest absolute Gasteiger partial charge is 0.454 e. The maximum atomic E-state index is 6.76. The predicted octanol–water partition coefficient (Wildman–Crippen LogP) is 10.6. The van der Waals surface area contributed by atoms with Gasteiger partial charge in [0.2, 0.25) is 0 Å². The minimum Gasteiger partial charge on any atom is -0.454 e. The van der Waals surface area contributed by atoms with Gasteiger partial charge in [0.1, 0.15) is 23.3 Å². The molecule has 5 aromatic carbocycles. The summed E-state index contributed by atoms with van der Waals surface area (Å²) in [6, 6.07) is 45.8. The van der Waals surface area contributed by atoms with Crippen molar-refractivity contribution in [3.63, 3.8) is 0 Å². The zero-order chi connectivity index (χ0) is 30.2. The number of anilines is 2. The first-order valence-electron chi connectivity index (χ1n) is 16.2. The first-order valence-corrected chi connectivity index (χ1v) is 16.2. The Balaban J connectivity index is 1.18. The topological polar surface area (TPSA) is 22.4 Å². The quantitative estimate of drug-likeness (QED) is 0.190. The van der Waals surface area contributed by atoms with Crippen LogP contribution in [0.1, 0.15) is 24.4 Å². The Morgan fingerprint density at radius 3 is 2.20 bits per heavy atom. The van der Waals surface area contributed by atoms with Gasteiger partial charge in [0.15, 0.2) is 5.76 Å². The van der Waals surface area contributed by atoms with Crippen LogP contribution >= 0.6 is 0 Å². The summed E-state index contributed by atoms with van der Waals surface area (Å²) in [5.41, 5.74) is 11.9. The average molecular weight is 594 g/mol. The van der Waals surface area contributed by atoms with E-state index in [-0.39, 0.29) is 12.2 Å². The molecule has 0 saturated carbocycles. The SMILES string of the molecule is C1=CCCC(C2N3C(N4c5ccccc5-c5ccccc5-c5oc6ccccc6c54)=CC(c4ccc(-c5ccccc5)cc4)N23)=C1. The van der Waals surface area contributed by atoms with Gasteiger partial charge in [-0.25, -0.2) is 0 Å². The first-order chi connectivity index (χ1) is 22.8. The number of fused-ring (bicyclic) bond motifs is 8. The molecule has 3 atom stereocenters. The van der Waals surface area contributed by atoms with Crippen molar-refractivity contribution in [3.05, 3.63) is 169 Å². The number of rotatable bonds is 4. The smallest absolute Gasteiger partial charge is 0.160 e. The molecule has 1 saturated heterocycles. The maximum Gasteiger partial charge on any atom is 0.160 e. The fraction of sp³-hybridized carbons (Fsp3) is 0.0952. The summed E-state index contributed by atoms with van der Waals surface area (Å²) in [5, 5.41) is 6.19. The molecule has 0 N–H and O–H groups in total. The van der Waals surface area contributed by atoms with Gasteiger partial charge in [-0.05, 0) is 64.9 Å². The summed E-state index contributed by atoms with van der Waals surface area (Å²) in [4.78, 5) is 2.47. The van der Waals surface area contributed by atoms with Gasteiger partial charge in [-0.3, -0.25) is 9.91 Å². The lowest BCUT2D eigenvalue weighted by Gasteiger charge is -2.28. The summed E-state index contributed by atoms with van der Waals surface area (Å²) in [6.45, 7) is 0. The molecule has 6 aromatic rings. The van der Waals surface area contributed by atoms with Crippen LogP contribution in [0.4, 0.5) is 11.4 Å². The molecule has 46 heavy (non-hydrogen) atoms. The van der Waals surface area contributed by atoms with Crippen molar-refractivity contribution in [1.29, 1.82) is 0 Å². The average Bonchev–Trinajstić information content (AvgIpc) is 3.61. The first kappa shape index (κ1) is 25.7. The molecule has 3 aliphatic heterocycles. The highest BCUT2D eigenvalue weighted by Crippen LogP contribution is 2.59. The second kappa shape index (κ2) is 9.96. The molecular formula is C42H31N3O. The van der Waals surface area contributed by atoms with E-state index in [2.05, 4.69) is 167 Å². The van der Waals surface area contributed by atoms with Gasteiger partial charge in [0.05, 0.1) is 11.7 Å². The lowest BCUT2D eigenvalue weighted by atomic mass is 9.98. The standard InChI is InChI=1S/C42H31N3O/c1-3-13-28(14-4-1)29-23-25-30(26-24-29)37-27-39(45-42(44(37)45)31-15-5-2-6-16-31)43-36-21-11-9-18-33(36)32-17-7-8-19-34(32)41-40(43)35-20-10-12-22-38(35)46-41/h1-5,7-15,17-27,37,42H,6,16H2. The third-order valence-electron chi connectivity index (χ3n) is 9.87. The van der Waals surface area contributed by atoms with E-state index in [4.69, 9.17) is 4.42 Å². The van der Waals surface area contributed by atoms with Gasteiger partial charge in [0, 0.05) is 16.5 Å². The fourth-order valence-electron chi connectivity index (χ4n) is 7.71. The minimum atomic E-state index is 0.107. The zero-order valence-corrected chi connectivity index (χ0v) is 25.3. The van der Waals surface area contributed by atoms with Crippen LogP contribution in [-0.2, 0) is 0 Å². The number of furan rings is 1. The van der Waals surface area contributed by atoms with Gasteiger partial charge in [-0.2, -0.15) is 5.01 Å². The Kier molecular flexibility index (Phi) is 5.57. The fourth-order valence-corrected chi connectivity index (χ4v) is 7.71. The molecule has 0 bridgehead atoms. The second-order valence-corrected chi connectivity index (χ2v) is 12.4. The molecule has 1 aliphatic carbocycles. The number of allylic oxidation sites excluding steroid dienone is 3. The van der Waals surface area contributed by atoms with Crippen LogP contribution in [-0.4, -0.2) is 16.2 Å². The summed E-state index contributed by atoms with van der Waals surface area (Å²) in [5.74, 6) is 2.08. The number of hydrazine groups is 1. The summed E-state index contributed by atoms with van der Waals surface area (Å²) >= 11 is 0. The monoisotopic (exact) mass is 593 g/mol. The Morgan fingerprint density at radius 2 is 1.37 bits per heavy atom. The van der Waals surface area contributed by atoms with E-state index >= 15 is 0 Å². The maximum absolute atomic E-state index is 6.76. The molecular weight excluding hydrogens is 562 g/mol. The lowest BCUT2D eigenvalue weighted by molar-refractivity contribution is 0.349. The van der Waals surface area contributed by atoms with Crippen molar-refractivity contribution in [2.75, 3.05) is 4.90 Å². The highest BCUT2D eigenvalue weighted by molar-refractivity contribution is 6.08. The molecule has 1 aromatic heterocycles. The van der Waals surface area contributed by atoms with Gasteiger partial charge in [-0.1, -0.05) is 127 Å². The summed E-state index contributed by atoms with van der Waals surface area (Å²) in [7, 11) is 0. The van der Waals surface area contributed by atoms with E-state index in [1.165, 1.54) is 39.2 Å². The number of para-hydroxylation sites is 2. The number of hydrogen-bond donors (Lipinski definition) is 0. The Bertz CT molecular complexity index is 2240. The number of benzene rings is 5. The van der Waals surface area contributed by atoms with Crippen LogP contribution in [0.5, 0.6) is 0 Å². The molecule has 0 amide bonds. The molecule has 0 radical (unpaired) electrons. The molecule has 4 nitrogen and oxygen atoms in total. The van der Waals surface area contributed by atoms with Crippen molar-refractivity contribution >= 4 is 22.3 Å². The molecule has 10 rings (SSSR count). The Hall–Kier alpha value is -5.58. The third kappa shape index (κ3) is 3.77. The second-order valence-electron chi connectivity index (χ2n) is 12.4. The molecule has 220 valence electrons. The minimum absolute atomic E-state index is 0.107. The van der Waals surface area contributed by atoms with Crippen LogP contribution < -0.4 is 4.90 Å². The number of hydrogen-bond acceptors (Lipinski definition) is 4. The van der Waals surface area contributed by atoms with Crippen LogP contribution in [0.15, 0.2) is 168 Å². The van der Waals surface area contributed by atoms with Crippen LogP contribution in [0.3, 0.4) is 0 Å². The van der Waals surface area contributed by atoms with Gasteiger partial charge >= 0.3 is 0 Å². The molecule has 4 heterocycles. The third-order valence-corrected chi connectivity index (χ3v) is 9.87. The van der Waals surface area contributed by atoms with Crippen molar-refractivity contribution in [1.82, 2.24) is 10.0 Å². The zero-order valence-electron chi connectivity index (χ0n) is 25.3. The van der Waals surface area contributed by atoms with Gasteiger partial charge < -0.3 is 4.42 Å². The molecule has 3 unspecified atom stereocenters. The lowest BCUT2D eigenvalue weighted by Crippen LogP contribution is -2.23. The van der Waals surface area contributed by atoms with Crippen molar-refractivity contribution < 1.29 is 4.42 Å². The molecule has 4 aliphatic rings. The molecule has 1 fully saturated rings. The Morgan fingerprint density at radius 1 is 0.652 bits per heavy atom. The van der Waals surface area contributed by atoms with E-state index < -0.39 is 0 Å².